The molecule has 2 fully saturated rings. The van der Waals surface area contributed by atoms with E-state index < -0.39 is 0 Å². The van der Waals surface area contributed by atoms with Gasteiger partial charge in [0.2, 0.25) is 11.9 Å². The van der Waals surface area contributed by atoms with Crippen LogP contribution >= 0.6 is 0 Å². The number of rotatable bonds is 6. The Hall–Kier alpha value is -2.22. The SMILES string of the molecule is COCCC(=O)N1C[C@H]2CC[C@@H](C1)C2NC(=O)c1cc(C(C)C)nc(N)n1. The molecule has 3 N–H and O–H groups in total. The molecule has 1 saturated carbocycles. The van der Waals surface area contributed by atoms with E-state index in [1.165, 1.54) is 0 Å². The lowest BCUT2D eigenvalue weighted by Gasteiger charge is -2.38. The van der Waals surface area contributed by atoms with E-state index in [2.05, 4.69) is 15.3 Å². The largest absolute Gasteiger partial charge is 0.384 e. The molecule has 2 heterocycles. The first kappa shape index (κ1) is 19.5. The average molecular weight is 375 g/mol. The Morgan fingerprint density at radius 3 is 2.56 bits per heavy atom. The van der Waals surface area contributed by atoms with Crippen molar-refractivity contribution in [3.63, 3.8) is 0 Å². The van der Waals surface area contributed by atoms with E-state index in [0.717, 1.165) is 18.5 Å². The highest BCUT2D eigenvalue weighted by Gasteiger charge is 2.44. The summed E-state index contributed by atoms with van der Waals surface area (Å²) < 4.78 is 5.00. The molecule has 2 bridgehead atoms. The van der Waals surface area contributed by atoms with Crippen LogP contribution in [0.2, 0.25) is 0 Å². The predicted octanol–water partition coefficient (Wildman–Crippen LogP) is 1.19. The fourth-order valence-corrected chi connectivity index (χ4v) is 4.13. The van der Waals surface area contributed by atoms with E-state index in [-0.39, 0.29) is 41.6 Å². The molecule has 0 radical (unpaired) electrons. The Morgan fingerprint density at radius 2 is 1.96 bits per heavy atom. The van der Waals surface area contributed by atoms with Gasteiger partial charge in [0.05, 0.1) is 13.0 Å². The van der Waals surface area contributed by atoms with Crippen molar-refractivity contribution in [2.45, 2.75) is 45.1 Å². The molecule has 1 saturated heterocycles. The number of hydrogen-bond donors (Lipinski definition) is 2. The van der Waals surface area contributed by atoms with Gasteiger partial charge in [-0.15, -0.1) is 0 Å². The second-order valence-electron chi connectivity index (χ2n) is 7.83. The third kappa shape index (κ3) is 4.37. The lowest BCUT2D eigenvalue weighted by molar-refractivity contribution is -0.134. The Kier molecular flexibility index (Phi) is 5.94. The molecule has 1 aliphatic heterocycles. The summed E-state index contributed by atoms with van der Waals surface area (Å²) in [7, 11) is 1.60. The van der Waals surface area contributed by atoms with Crippen LogP contribution in [0.4, 0.5) is 5.95 Å². The number of nitrogens with two attached hydrogens (primary N) is 1. The average Bonchev–Trinajstić information content (AvgIpc) is 2.86. The number of carbonyl (C=O) groups excluding carboxylic acids is 2. The number of ether oxygens (including phenoxy) is 1. The molecule has 3 atom stereocenters. The zero-order chi connectivity index (χ0) is 19.6. The number of nitrogen functional groups attached to an aromatic ring is 1. The maximum atomic E-state index is 12.8. The molecule has 0 aromatic carbocycles. The topological polar surface area (TPSA) is 110 Å². The van der Waals surface area contributed by atoms with E-state index in [1.807, 2.05) is 18.7 Å². The number of aromatic nitrogens is 2. The molecule has 8 nitrogen and oxygen atoms in total. The first-order valence-corrected chi connectivity index (χ1v) is 9.61. The number of methoxy groups -OCH3 is 1. The minimum absolute atomic E-state index is 0.0719. The summed E-state index contributed by atoms with van der Waals surface area (Å²) in [6.45, 7) is 5.82. The van der Waals surface area contributed by atoms with Crippen molar-refractivity contribution in [1.29, 1.82) is 0 Å². The molecule has 8 heteroatoms. The van der Waals surface area contributed by atoms with Crippen molar-refractivity contribution in [2.24, 2.45) is 11.8 Å². The molecule has 0 spiro atoms. The van der Waals surface area contributed by atoms with Crippen LogP contribution < -0.4 is 11.1 Å². The summed E-state index contributed by atoms with van der Waals surface area (Å²) in [4.78, 5) is 35.3. The molecule has 1 aromatic rings. The highest BCUT2D eigenvalue weighted by molar-refractivity contribution is 5.93. The van der Waals surface area contributed by atoms with E-state index in [0.29, 0.717) is 31.8 Å². The summed E-state index contributed by atoms with van der Waals surface area (Å²) in [6, 6.07) is 1.78. The molecule has 1 aromatic heterocycles. The van der Waals surface area contributed by atoms with E-state index >= 15 is 0 Å². The lowest BCUT2D eigenvalue weighted by Crippen LogP contribution is -2.54. The maximum absolute atomic E-state index is 12.8. The molecular weight excluding hydrogens is 346 g/mol. The zero-order valence-corrected chi connectivity index (χ0v) is 16.3. The fourth-order valence-electron chi connectivity index (χ4n) is 4.13. The number of carbonyl (C=O) groups is 2. The zero-order valence-electron chi connectivity index (χ0n) is 16.3. The molecule has 148 valence electrons. The number of hydrogen-bond acceptors (Lipinski definition) is 6. The van der Waals surface area contributed by atoms with Crippen molar-refractivity contribution in [3.05, 3.63) is 17.5 Å². The van der Waals surface area contributed by atoms with Gasteiger partial charge in [-0.2, -0.15) is 0 Å². The van der Waals surface area contributed by atoms with Gasteiger partial charge in [-0.1, -0.05) is 13.8 Å². The van der Waals surface area contributed by atoms with Crippen LogP contribution in [0, 0.1) is 11.8 Å². The number of likely N-dealkylation sites (tertiary alicyclic amines) is 1. The quantitative estimate of drug-likeness (QED) is 0.773. The predicted molar refractivity (Wildman–Crippen MR) is 101 cm³/mol. The van der Waals surface area contributed by atoms with Gasteiger partial charge in [-0.3, -0.25) is 9.59 Å². The monoisotopic (exact) mass is 375 g/mol. The van der Waals surface area contributed by atoms with Crippen molar-refractivity contribution >= 4 is 17.8 Å². The second kappa shape index (κ2) is 8.21. The first-order valence-electron chi connectivity index (χ1n) is 9.61. The minimum Gasteiger partial charge on any atom is -0.384 e. The van der Waals surface area contributed by atoms with Gasteiger partial charge in [0.25, 0.3) is 5.91 Å². The van der Waals surface area contributed by atoms with Gasteiger partial charge < -0.3 is 20.7 Å². The number of piperidine rings is 1. The molecule has 1 aliphatic carbocycles. The smallest absolute Gasteiger partial charge is 0.270 e. The molecule has 1 unspecified atom stereocenters. The van der Waals surface area contributed by atoms with Gasteiger partial charge in [0.1, 0.15) is 5.69 Å². The number of fused-ring (bicyclic) bond motifs is 2. The number of nitrogens with one attached hydrogen (secondary N) is 1. The minimum atomic E-state index is -0.216. The van der Waals surface area contributed by atoms with Crippen LogP contribution in [0.3, 0.4) is 0 Å². The van der Waals surface area contributed by atoms with Crippen LogP contribution in [0.15, 0.2) is 6.07 Å². The summed E-state index contributed by atoms with van der Waals surface area (Å²) in [5, 5.41) is 3.15. The molecule has 27 heavy (non-hydrogen) atoms. The van der Waals surface area contributed by atoms with Gasteiger partial charge >= 0.3 is 0 Å². The highest BCUT2D eigenvalue weighted by Crippen LogP contribution is 2.37. The Morgan fingerprint density at radius 1 is 1.30 bits per heavy atom. The first-order chi connectivity index (χ1) is 12.9. The van der Waals surface area contributed by atoms with Crippen molar-refractivity contribution in [2.75, 3.05) is 32.5 Å². The van der Waals surface area contributed by atoms with Crippen LogP contribution in [0.5, 0.6) is 0 Å². The van der Waals surface area contributed by atoms with Crippen LogP contribution in [-0.4, -0.2) is 59.5 Å². The standard InChI is InChI=1S/C19H29N5O3/c1-11(2)14-8-15(22-19(20)21-14)18(26)23-17-12-4-5-13(17)10-24(9-12)16(25)6-7-27-3/h8,11-13,17H,4-7,9-10H2,1-3H3,(H,23,26)(H2,20,21,22)/t12-,13+,17?. The summed E-state index contributed by atoms with van der Waals surface area (Å²) >= 11 is 0. The van der Waals surface area contributed by atoms with E-state index in [9.17, 15) is 9.59 Å². The van der Waals surface area contributed by atoms with E-state index in [1.54, 1.807) is 13.2 Å². The van der Waals surface area contributed by atoms with Crippen LogP contribution in [-0.2, 0) is 9.53 Å². The van der Waals surface area contributed by atoms with Crippen LogP contribution in [0.25, 0.3) is 0 Å². The van der Waals surface area contributed by atoms with Crippen molar-refractivity contribution < 1.29 is 14.3 Å². The number of nitrogens with zero attached hydrogens (tertiary/aromatic N) is 3. The molecule has 3 rings (SSSR count). The Labute approximate surface area is 159 Å². The van der Waals surface area contributed by atoms with Crippen LogP contribution in [0.1, 0.15) is 55.2 Å². The number of anilines is 1. The Bertz CT molecular complexity index is 695. The number of amides is 2. The highest BCUT2D eigenvalue weighted by atomic mass is 16.5. The van der Waals surface area contributed by atoms with Gasteiger partial charge in [0, 0.05) is 31.9 Å². The normalized spacial score (nSPS) is 24.3. The maximum Gasteiger partial charge on any atom is 0.270 e. The fraction of sp³-hybridized carbons (Fsp3) is 0.684. The van der Waals surface area contributed by atoms with Gasteiger partial charge in [0.15, 0.2) is 0 Å². The summed E-state index contributed by atoms with van der Waals surface area (Å²) in [5.41, 5.74) is 6.84. The summed E-state index contributed by atoms with van der Waals surface area (Å²) in [5.74, 6) is 0.758. The van der Waals surface area contributed by atoms with E-state index in [4.69, 9.17) is 10.5 Å². The van der Waals surface area contributed by atoms with Gasteiger partial charge in [-0.25, -0.2) is 9.97 Å². The third-order valence-corrected chi connectivity index (χ3v) is 5.59. The lowest BCUT2D eigenvalue weighted by atomic mass is 9.91. The Balaban J connectivity index is 1.66. The molecule has 2 amide bonds. The molecular formula is C19H29N5O3. The van der Waals surface area contributed by atoms with Gasteiger partial charge in [-0.05, 0) is 36.7 Å². The second-order valence-corrected chi connectivity index (χ2v) is 7.83. The van der Waals surface area contributed by atoms with Crippen molar-refractivity contribution in [3.8, 4) is 0 Å². The third-order valence-electron chi connectivity index (χ3n) is 5.59. The summed E-state index contributed by atoms with van der Waals surface area (Å²) in [6.07, 6.45) is 2.45. The van der Waals surface area contributed by atoms with Crippen molar-refractivity contribution in [1.82, 2.24) is 20.2 Å². The molecule has 2 aliphatic rings.